The molecule has 0 saturated heterocycles. The van der Waals surface area contributed by atoms with Crippen molar-refractivity contribution in [1.29, 1.82) is 0 Å². The number of carbonyl (C=O) groups is 1. The van der Waals surface area contributed by atoms with Crippen LogP contribution in [0, 0.1) is 5.92 Å². The first-order chi connectivity index (χ1) is 8.74. The Hall–Kier alpha value is -1.57. The summed E-state index contributed by atoms with van der Waals surface area (Å²) in [6.45, 7) is 1.96. The summed E-state index contributed by atoms with van der Waals surface area (Å²) in [5.74, 6) is -0.863. The molecule has 1 rings (SSSR count). The molecule has 0 aliphatic rings. The summed E-state index contributed by atoms with van der Waals surface area (Å²) in [4.78, 5) is 11.1. The van der Waals surface area contributed by atoms with Crippen molar-refractivity contribution in [2.45, 2.75) is 39.0 Å². The SMILES string of the molecule is CC=CCCC(CCCc1ccccc1)C(=O)O. The number of carboxylic acids is 1. The van der Waals surface area contributed by atoms with Crippen molar-refractivity contribution < 1.29 is 9.90 Å². The normalized spacial score (nSPS) is 12.7. The predicted octanol–water partition coefficient (Wildman–Crippen LogP) is 4.07. The molecule has 0 fully saturated rings. The van der Waals surface area contributed by atoms with Gasteiger partial charge in [-0.1, -0.05) is 42.5 Å². The van der Waals surface area contributed by atoms with Gasteiger partial charge in [0.15, 0.2) is 0 Å². The Kier molecular flexibility index (Phi) is 6.85. The highest BCUT2D eigenvalue weighted by Crippen LogP contribution is 2.16. The second-order valence-corrected chi connectivity index (χ2v) is 4.56. The molecule has 1 unspecified atom stereocenters. The Balaban J connectivity index is 2.31. The summed E-state index contributed by atoms with van der Waals surface area (Å²) in [5, 5.41) is 9.15. The fourth-order valence-corrected chi connectivity index (χ4v) is 2.05. The molecule has 1 atom stereocenters. The Morgan fingerprint density at radius 3 is 2.61 bits per heavy atom. The molecule has 0 aliphatic carbocycles. The molecule has 0 aromatic heterocycles. The molecule has 18 heavy (non-hydrogen) atoms. The van der Waals surface area contributed by atoms with Gasteiger partial charge in [0.2, 0.25) is 0 Å². The number of hydrogen-bond acceptors (Lipinski definition) is 1. The molecule has 2 heteroatoms. The lowest BCUT2D eigenvalue weighted by atomic mass is 9.95. The van der Waals surface area contributed by atoms with Crippen molar-refractivity contribution in [3.05, 3.63) is 48.0 Å². The average molecular weight is 246 g/mol. The van der Waals surface area contributed by atoms with Gasteiger partial charge >= 0.3 is 5.97 Å². The Bertz CT molecular complexity index is 368. The second kappa shape index (κ2) is 8.51. The zero-order chi connectivity index (χ0) is 13.2. The first-order valence-electron chi connectivity index (χ1n) is 6.62. The van der Waals surface area contributed by atoms with Gasteiger partial charge in [-0.15, -0.1) is 0 Å². The molecular formula is C16H22O2. The molecule has 0 bridgehead atoms. The molecule has 0 spiro atoms. The van der Waals surface area contributed by atoms with Crippen LogP contribution in [-0.4, -0.2) is 11.1 Å². The minimum atomic E-state index is -0.660. The molecule has 0 amide bonds. The molecular weight excluding hydrogens is 224 g/mol. The summed E-state index contributed by atoms with van der Waals surface area (Å²) in [6, 6.07) is 10.2. The quantitative estimate of drug-likeness (QED) is 0.702. The summed E-state index contributed by atoms with van der Waals surface area (Å²) in [7, 11) is 0. The van der Waals surface area contributed by atoms with E-state index in [-0.39, 0.29) is 5.92 Å². The van der Waals surface area contributed by atoms with Gasteiger partial charge in [0.1, 0.15) is 0 Å². The van der Waals surface area contributed by atoms with Crippen LogP contribution in [0.15, 0.2) is 42.5 Å². The van der Waals surface area contributed by atoms with E-state index in [1.54, 1.807) is 0 Å². The van der Waals surface area contributed by atoms with E-state index in [4.69, 9.17) is 5.11 Å². The van der Waals surface area contributed by atoms with Crippen molar-refractivity contribution in [3.63, 3.8) is 0 Å². The smallest absolute Gasteiger partial charge is 0.306 e. The molecule has 2 nitrogen and oxygen atoms in total. The lowest BCUT2D eigenvalue weighted by Gasteiger charge is -2.10. The number of hydrogen-bond donors (Lipinski definition) is 1. The van der Waals surface area contributed by atoms with Crippen LogP contribution in [0.25, 0.3) is 0 Å². The number of aliphatic carboxylic acids is 1. The Labute approximate surface area is 109 Å². The van der Waals surface area contributed by atoms with Gasteiger partial charge < -0.3 is 5.11 Å². The van der Waals surface area contributed by atoms with Crippen molar-refractivity contribution in [2.24, 2.45) is 5.92 Å². The van der Waals surface area contributed by atoms with Crippen LogP contribution in [0.3, 0.4) is 0 Å². The minimum Gasteiger partial charge on any atom is -0.481 e. The summed E-state index contributed by atoms with van der Waals surface area (Å²) >= 11 is 0. The summed E-state index contributed by atoms with van der Waals surface area (Å²) in [5.41, 5.74) is 1.29. The van der Waals surface area contributed by atoms with E-state index in [0.29, 0.717) is 0 Å². The molecule has 0 saturated carbocycles. The fourth-order valence-electron chi connectivity index (χ4n) is 2.05. The van der Waals surface area contributed by atoms with Crippen molar-refractivity contribution >= 4 is 5.97 Å². The molecule has 1 N–H and O–H groups in total. The Morgan fingerprint density at radius 1 is 1.28 bits per heavy atom. The third-order valence-corrected chi connectivity index (χ3v) is 3.13. The first-order valence-corrected chi connectivity index (χ1v) is 6.62. The van der Waals surface area contributed by atoms with E-state index in [0.717, 1.165) is 32.1 Å². The second-order valence-electron chi connectivity index (χ2n) is 4.56. The minimum absolute atomic E-state index is 0.204. The molecule has 98 valence electrons. The topological polar surface area (TPSA) is 37.3 Å². The number of aryl methyl sites for hydroxylation is 1. The van der Waals surface area contributed by atoms with Crippen LogP contribution in [-0.2, 0) is 11.2 Å². The number of rotatable bonds is 8. The zero-order valence-electron chi connectivity index (χ0n) is 11.0. The highest BCUT2D eigenvalue weighted by Gasteiger charge is 2.15. The number of allylic oxidation sites excluding steroid dienone is 2. The van der Waals surface area contributed by atoms with Crippen LogP contribution in [0.5, 0.6) is 0 Å². The van der Waals surface area contributed by atoms with Crippen molar-refractivity contribution in [3.8, 4) is 0 Å². The average Bonchev–Trinajstić information content (AvgIpc) is 2.38. The van der Waals surface area contributed by atoms with Crippen molar-refractivity contribution in [2.75, 3.05) is 0 Å². The van der Waals surface area contributed by atoms with Crippen LogP contribution in [0.4, 0.5) is 0 Å². The first kappa shape index (κ1) is 14.5. The molecule has 1 aromatic rings. The van der Waals surface area contributed by atoms with Gasteiger partial charge in [-0.3, -0.25) is 4.79 Å². The van der Waals surface area contributed by atoms with Gasteiger partial charge in [-0.2, -0.15) is 0 Å². The maximum absolute atomic E-state index is 11.1. The molecule has 0 heterocycles. The van der Waals surface area contributed by atoms with Crippen molar-refractivity contribution in [1.82, 2.24) is 0 Å². The van der Waals surface area contributed by atoms with E-state index in [1.165, 1.54) is 5.56 Å². The number of benzene rings is 1. The van der Waals surface area contributed by atoms with Crippen LogP contribution in [0.2, 0.25) is 0 Å². The third-order valence-electron chi connectivity index (χ3n) is 3.13. The van der Waals surface area contributed by atoms with E-state index < -0.39 is 5.97 Å². The number of carboxylic acid groups (broad SMARTS) is 1. The van der Waals surface area contributed by atoms with E-state index >= 15 is 0 Å². The predicted molar refractivity (Wildman–Crippen MR) is 74.6 cm³/mol. The standard InChI is InChI=1S/C16H22O2/c1-2-3-5-12-15(16(17)18)13-8-11-14-9-6-4-7-10-14/h2-4,6-7,9-10,15H,5,8,11-13H2,1H3,(H,17,18). The molecule has 0 aliphatic heterocycles. The maximum Gasteiger partial charge on any atom is 0.306 e. The Morgan fingerprint density at radius 2 is 2.00 bits per heavy atom. The van der Waals surface area contributed by atoms with Gasteiger partial charge in [0.25, 0.3) is 0 Å². The van der Waals surface area contributed by atoms with E-state index in [2.05, 4.69) is 12.1 Å². The van der Waals surface area contributed by atoms with E-state index in [9.17, 15) is 4.79 Å². The highest BCUT2D eigenvalue weighted by atomic mass is 16.4. The summed E-state index contributed by atoms with van der Waals surface area (Å²) < 4.78 is 0. The summed E-state index contributed by atoms with van der Waals surface area (Å²) in [6.07, 6.45) is 8.29. The lowest BCUT2D eigenvalue weighted by molar-refractivity contribution is -0.142. The third kappa shape index (κ3) is 5.67. The zero-order valence-corrected chi connectivity index (χ0v) is 11.0. The monoisotopic (exact) mass is 246 g/mol. The molecule has 1 aromatic carbocycles. The maximum atomic E-state index is 11.1. The van der Waals surface area contributed by atoms with Crippen LogP contribution < -0.4 is 0 Å². The van der Waals surface area contributed by atoms with Gasteiger partial charge in [-0.25, -0.2) is 0 Å². The van der Waals surface area contributed by atoms with Gasteiger partial charge in [-0.05, 0) is 44.6 Å². The van der Waals surface area contributed by atoms with Gasteiger partial charge in [0.05, 0.1) is 5.92 Å². The largest absolute Gasteiger partial charge is 0.481 e. The van der Waals surface area contributed by atoms with Gasteiger partial charge in [0, 0.05) is 0 Å². The van der Waals surface area contributed by atoms with E-state index in [1.807, 2.05) is 37.3 Å². The highest BCUT2D eigenvalue weighted by molar-refractivity contribution is 5.69. The van der Waals surface area contributed by atoms with Crippen LogP contribution in [0.1, 0.15) is 38.2 Å². The van der Waals surface area contributed by atoms with Crippen LogP contribution >= 0.6 is 0 Å². The fraction of sp³-hybridized carbons (Fsp3) is 0.438. The molecule has 0 radical (unpaired) electrons. The lowest BCUT2D eigenvalue weighted by Crippen LogP contribution is -2.13.